The van der Waals surface area contributed by atoms with Gasteiger partial charge in [0.05, 0.1) is 10.0 Å². The first-order chi connectivity index (χ1) is 9.06. The van der Waals surface area contributed by atoms with Crippen LogP contribution < -0.4 is 5.73 Å². The Morgan fingerprint density at radius 1 is 1.16 bits per heavy atom. The van der Waals surface area contributed by atoms with Gasteiger partial charge in [-0.15, -0.1) is 0 Å². The van der Waals surface area contributed by atoms with Crippen molar-refractivity contribution in [2.75, 3.05) is 5.73 Å². The summed E-state index contributed by atoms with van der Waals surface area (Å²) < 4.78 is 5.81. The minimum Gasteiger partial charge on any atom is -0.454 e. The Bertz CT molecular complexity index is 780. The van der Waals surface area contributed by atoms with Gasteiger partial charge in [0.15, 0.2) is 5.76 Å². The second kappa shape index (κ2) is 4.44. The van der Waals surface area contributed by atoms with Crippen molar-refractivity contribution in [2.24, 2.45) is 0 Å². The van der Waals surface area contributed by atoms with Crippen LogP contribution in [0.15, 0.2) is 34.7 Å². The molecular formula is C14H10Cl2N2O. The number of nitrogens with two attached hydrogens (primary N) is 1. The van der Waals surface area contributed by atoms with Crippen LogP contribution in [0.2, 0.25) is 10.0 Å². The molecule has 1 aromatic carbocycles. The van der Waals surface area contributed by atoms with Gasteiger partial charge in [-0.2, -0.15) is 0 Å². The second-order valence-electron chi connectivity index (χ2n) is 4.29. The zero-order chi connectivity index (χ0) is 13.6. The van der Waals surface area contributed by atoms with Gasteiger partial charge < -0.3 is 10.2 Å². The monoisotopic (exact) mass is 292 g/mol. The fourth-order valence-corrected chi connectivity index (χ4v) is 2.43. The van der Waals surface area contributed by atoms with Gasteiger partial charge >= 0.3 is 0 Å². The molecule has 2 N–H and O–H groups in total. The maximum atomic E-state index is 6.14. The minimum atomic E-state index is 0.234. The highest BCUT2D eigenvalue weighted by Crippen LogP contribution is 2.35. The molecule has 0 aliphatic carbocycles. The number of para-hydroxylation sites is 1. The Morgan fingerprint density at radius 2 is 1.95 bits per heavy atom. The lowest BCUT2D eigenvalue weighted by Gasteiger charge is -2.03. The molecule has 5 heteroatoms. The SMILES string of the molecule is Cc1cccc2cc(-c3nc(N)c(Cl)cc3Cl)oc12. The van der Waals surface area contributed by atoms with E-state index >= 15 is 0 Å². The molecule has 0 saturated heterocycles. The van der Waals surface area contributed by atoms with E-state index in [1.165, 1.54) is 0 Å². The van der Waals surface area contributed by atoms with Crippen molar-refractivity contribution in [3.05, 3.63) is 45.9 Å². The van der Waals surface area contributed by atoms with Crippen LogP contribution in [0.5, 0.6) is 0 Å². The molecule has 0 amide bonds. The normalized spacial score (nSPS) is 11.1. The van der Waals surface area contributed by atoms with E-state index in [0.717, 1.165) is 16.5 Å². The van der Waals surface area contributed by atoms with Crippen LogP contribution in [0.4, 0.5) is 5.82 Å². The standard InChI is InChI=1S/C14H10Cl2N2O/c1-7-3-2-4-8-5-11(19-13(7)8)12-9(15)6-10(16)14(17)18-12/h2-6H,1H3,(H2,17,18). The zero-order valence-corrected chi connectivity index (χ0v) is 11.6. The molecule has 3 aromatic rings. The van der Waals surface area contributed by atoms with E-state index in [0.29, 0.717) is 21.5 Å². The first-order valence-corrected chi connectivity index (χ1v) is 6.43. The third-order valence-electron chi connectivity index (χ3n) is 2.93. The number of anilines is 1. The van der Waals surface area contributed by atoms with Crippen LogP contribution in [0.3, 0.4) is 0 Å². The van der Waals surface area contributed by atoms with Gasteiger partial charge in [0, 0.05) is 5.39 Å². The summed E-state index contributed by atoms with van der Waals surface area (Å²) in [6.07, 6.45) is 0. The molecule has 2 aromatic heterocycles. The number of pyridine rings is 1. The third kappa shape index (κ3) is 2.05. The molecule has 96 valence electrons. The van der Waals surface area contributed by atoms with E-state index in [1.54, 1.807) is 6.07 Å². The first kappa shape index (κ1) is 12.3. The minimum absolute atomic E-state index is 0.234. The largest absolute Gasteiger partial charge is 0.454 e. The number of aryl methyl sites for hydroxylation is 1. The lowest BCUT2D eigenvalue weighted by Crippen LogP contribution is -1.93. The fraction of sp³-hybridized carbons (Fsp3) is 0.0714. The number of hydrogen-bond acceptors (Lipinski definition) is 3. The topological polar surface area (TPSA) is 52.0 Å². The van der Waals surface area contributed by atoms with Gasteiger partial charge in [0.25, 0.3) is 0 Å². The van der Waals surface area contributed by atoms with E-state index in [2.05, 4.69) is 4.98 Å². The molecule has 0 saturated carbocycles. The number of aromatic nitrogens is 1. The van der Waals surface area contributed by atoms with E-state index in [9.17, 15) is 0 Å². The van der Waals surface area contributed by atoms with Crippen LogP contribution in [0.1, 0.15) is 5.56 Å². The van der Waals surface area contributed by atoms with E-state index in [4.69, 9.17) is 33.4 Å². The molecule has 3 rings (SSSR count). The number of fused-ring (bicyclic) bond motifs is 1. The number of halogens is 2. The summed E-state index contributed by atoms with van der Waals surface area (Å²) in [5.74, 6) is 0.816. The molecule has 0 atom stereocenters. The summed E-state index contributed by atoms with van der Waals surface area (Å²) in [5.41, 5.74) is 8.09. The van der Waals surface area contributed by atoms with Crippen molar-refractivity contribution in [1.29, 1.82) is 0 Å². The van der Waals surface area contributed by atoms with Gasteiger partial charge in [0.2, 0.25) is 0 Å². The van der Waals surface area contributed by atoms with Crippen molar-refractivity contribution in [1.82, 2.24) is 4.98 Å². The summed E-state index contributed by atoms with van der Waals surface area (Å²) in [6.45, 7) is 1.99. The molecule has 0 fully saturated rings. The second-order valence-corrected chi connectivity index (χ2v) is 5.10. The molecule has 0 radical (unpaired) electrons. The van der Waals surface area contributed by atoms with Gasteiger partial charge in [-0.25, -0.2) is 4.98 Å². The van der Waals surface area contributed by atoms with Gasteiger partial charge in [0.1, 0.15) is 17.1 Å². The molecule has 0 aliphatic heterocycles. The van der Waals surface area contributed by atoms with Crippen LogP contribution >= 0.6 is 23.2 Å². The number of furan rings is 1. The maximum Gasteiger partial charge on any atom is 0.155 e. The number of nitrogens with zero attached hydrogens (tertiary/aromatic N) is 1. The molecule has 3 nitrogen and oxygen atoms in total. The van der Waals surface area contributed by atoms with Gasteiger partial charge in [-0.1, -0.05) is 41.4 Å². The molecule has 0 aliphatic rings. The number of benzene rings is 1. The lowest BCUT2D eigenvalue weighted by molar-refractivity contribution is 0.626. The highest BCUT2D eigenvalue weighted by Gasteiger charge is 2.14. The van der Waals surface area contributed by atoms with Crippen LogP contribution in [0, 0.1) is 6.92 Å². The zero-order valence-electron chi connectivity index (χ0n) is 10.1. The summed E-state index contributed by atoms with van der Waals surface area (Å²) in [6, 6.07) is 9.40. The van der Waals surface area contributed by atoms with Crippen molar-refractivity contribution in [3.8, 4) is 11.5 Å². The van der Waals surface area contributed by atoms with Crippen molar-refractivity contribution >= 4 is 40.0 Å². The van der Waals surface area contributed by atoms with Gasteiger partial charge in [-0.05, 0) is 24.6 Å². The summed E-state index contributed by atoms with van der Waals surface area (Å²) in [7, 11) is 0. The Hall–Kier alpha value is -1.71. The van der Waals surface area contributed by atoms with Crippen molar-refractivity contribution in [3.63, 3.8) is 0 Å². The quantitative estimate of drug-likeness (QED) is 0.708. The van der Waals surface area contributed by atoms with Crippen molar-refractivity contribution < 1.29 is 4.42 Å². The Morgan fingerprint density at radius 3 is 2.68 bits per heavy atom. The van der Waals surface area contributed by atoms with Crippen molar-refractivity contribution in [2.45, 2.75) is 6.92 Å². The summed E-state index contributed by atoms with van der Waals surface area (Å²) in [5, 5.41) is 1.75. The molecule has 2 heterocycles. The predicted molar refractivity (Wildman–Crippen MR) is 78.6 cm³/mol. The maximum absolute atomic E-state index is 6.14. The molecular weight excluding hydrogens is 283 g/mol. The van der Waals surface area contributed by atoms with Gasteiger partial charge in [-0.3, -0.25) is 0 Å². The summed E-state index contributed by atoms with van der Waals surface area (Å²) in [4.78, 5) is 4.19. The average molecular weight is 293 g/mol. The van der Waals surface area contributed by atoms with Crippen LogP contribution in [0.25, 0.3) is 22.4 Å². The molecule has 19 heavy (non-hydrogen) atoms. The lowest BCUT2D eigenvalue weighted by atomic mass is 10.2. The molecule has 0 bridgehead atoms. The van der Waals surface area contributed by atoms with E-state index in [1.807, 2.05) is 31.2 Å². The average Bonchev–Trinajstić information content (AvgIpc) is 2.79. The Kier molecular flexibility index (Phi) is 2.88. The Balaban J connectivity index is 2.25. The van der Waals surface area contributed by atoms with E-state index < -0.39 is 0 Å². The highest BCUT2D eigenvalue weighted by atomic mass is 35.5. The first-order valence-electron chi connectivity index (χ1n) is 5.67. The third-order valence-corrected chi connectivity index (χ3v) is 3.52. The number of rotatable bonds is 1. The fourth-order valence-electron chi connectivity index (χ4n) is 1.98. The number of hydrogen-bond donors (Lipinski definition) is 1. The van der Waals surface area contributed by atoms with E-state index in [-0.39, 0.29) is 5.82 Å². The molecule has 0 spiro atoms. The highest BCUT2D eigenvalue weighted by molar-refractivity contribution is 6.37. The molecule has 0 unspecified atom stereocenters. The Labute approximate surface area is 119 Å². The van der Waals surface area contributed by atoms with Crippen LogP contribution in [-0.2, 0) is 0 Å². The predicted octanol–water partition coefficient (Wildman–Crippen LogP) is 4.69. The van der Waals surface area contributed by atoms with Crippen LogP contribution in [-0.4, -0.2) is 4.98 Å². The smallest absolute Gasteiger partial charge is 0.155 e. The summed E-state index contributed by atoms with van der Waals surface area (Å²) >= 11 is 12.0. The number of nitrogen functional groups attached to an aromatic ring is 1.